The lowest BCUT2D eigenvalue weighted by molar-refractivity contribution is 0.669. The van der Waals surface area contributed by atoms with Crippen molar-refractivity contribution in [2.45, 2.75) is 0 Å². The van der Waals surface area contributed by atoms with Crippen LogP contribution in [0.15, 0.2) is 192 Å². The van der Waals surface area contributed by atoms with Crippen molar-refractivity contribution >= 4 is 21.9 Å². The minimum Gasteiger partial charge on any atom is -0.455 e. The molecular formula is C49H31N5O. The molecule has 10 rings (SSSR count). The third-order valence-corrected chi connectivity index (χ3v) is 9.78. The molecular weight excluding hydrogens is 675 g/mol. The number of benzene rings is 7. The molecule has 0 spiro atoms. The molecule has 7 aromatic carbocycles. The molecule has 0 aliphatic heterocycles. The third-order valence-electron chi connectivity index (χ3n) is 9.78. The van der Waals surface area contributed by atoms with Crippen LogP contribution in [0.2, 0.25) is 0 Å². The highest BCUT2D eigenvalue weighted by Crippen LogP contribution is 2.38. The molecule has 258 valence electrons. The Morgan fingerprint density at radius 3 is 1.33 bits per heavy atom. The van der Waals surface area contributed by atoms with Gasteiger partial charge in [0.2, 0.25) is 0 Å². The van der Waals surface area contributed by atoms with Gasteiger partial charge in [0.1, 0.15) is 11.2 Å². The van der Waals surface area contributed by atoms with Crippen molar-refractivity contribution in [1.82, 2.24) is 24.9 Å². The SMILES string of the molecule is c1ccc(-c2ccc(-c3nc(-c4ccccc4)nc(-c4ccc5oc6c(-c7nc(-c8ccccc8)cc(-c8ccccc8)n7)cccc6c5c4)n3)cc2)cc1. The van der Waals surface area contributed by atoms with E-state index in [0.29, 0.717) is 23.3 Å². The molecule has 0 unspecified atom stereocenters. The highest BCUT2D eigenvalue weighted by Gasteiger charge is 2.19. The fourth-order valence-corrected chi connectivity index (χ4v) is 6.99. The van der Waals surface area contributed by atoms with E-state index in [1.54, 1.807) is 0 Å². The van der Waals surface area contributed by atoms with Crippen LogP contribution in [0.4, 0.5) is 0 Å². The Labute approximate surface area is 317 Å². The summed E-state index contributed by atoms with van der Waals surface area (Å²) >= 11 is 0. The van der Waals surface area contributed by atoms with E-state index in [-0.39, 0.29) is 0 Å². The maximum absolute atomic E-state index is 6.62. The average Bonchev–Trinajstić information content (AvgIpc) is 3.66. The van der Waals surface area contributed by atoms with Crippen LogP contribution in [0, 0.1) is 0 Å². The van der Waals surface area contributed by atoms with Gasteiger partial charge in [-0.05, 0) is 41.5 Å². The number of fused-ring (bicyclic) bond motifs is 3. The second-order valence-electron chi connectivity index (χ2n) is 13.3. The summed E-state index contributed by atoms with van der Waals surface area (Å²) in [6, 6.07) is 63.4. The zero-order valence-corrected chi connectivity index (χ0v) is 29.5. The van der Waals surface area contributed by atoms with Crippen molar-refractivity contribution in [1.29, 1.82) is 0 Å². The molecule has 0 atom stereocenters. The maximum Gasteiger partial charge on any atom is 0.164 e. The topological polar surface area (TPSA) is 77.6 Å². The molecule has 6 heteroatoms. The first-order valence-corrected chi connectivity index (χ1v) is 18.2. The van der Waals surface area contributed by atoms with E-state index < -0.39 is 0 Å². The van der Waals surface area contributed by atoms with E-state index in [1.165, 1.54) is 0 Å². The summed E-state index contributed by atoms with van der Waals surface area (Å²) in [5, 5.41) is 1.91. The second-order valence-corrected chi connectivity index (χ2v) is 13.3. The lowest BCUT2D eigenvalue weighted by atomic mass is 10.0. The maximum atomic E-state index is 6.62. The van der Waals surface area contributed by atoms with Gasteiger partial charge in [0.05, 0.1) is 17.0 Å². The van der Waals surface area contributed by atoms with Gasteiger partial charge in [-0.3, -0.25) is 0 Å². The van der Waals surface area contributed by atoms with Crippen LogP contribution in [0.5, 0.6) is 0 Å². The first kappa shape index (κ1) is 32.1. The number of para-hydroxylation sites is 1. The highest BCUT2D eigenvalue weighted by atomic mass is 16.3. The minimum absolute atomic E-state index is 0.579. The summed E-state index contributed by atoms with van der Waals surface area (Å²) in [5.74, 6) is 2.39. The third kappa shape index (κ3) is 6.22. The van der Waals surface area contributed by atoms with Crippen molar-refractivity contribution in [3.63, 3.8) is 0 Å². The molecule has 55 heavy (non-hydrogen) atoms. The Bertz CT molecular complexity index is 2890. The van der Waals surface area contributed by atoms with Crippen molar-refractivity contribution in [2.24, 2.45) is 0 Å². The molecule has 3 aromatic heterocycles. The van der Waals surface area contributed by atoms with Gasteiger partial charge in [-0.15, -0.1) is 0 Å². The number of nitrogens with zero attached hydrogens (tertiary/aromatic N) is 5. The lowest BCUT2D eigenvalue weighted by Gasteiger charge is -2.09. The Morgan fingerprint density at radius 1 is 0.291 bits per heavy atom. The van der Waals surface area contributed by atoms with Crippen LogP contribution in [-0.4, -0.2) is 24.9 Å². The molecule has 3 heterocycles. The van der Waals surface area contributed by atoms with E-state index in [4.69, 9.17) is 29.3 Å². The molecule has 0 bridgehead atoms. The van der Waals surface area contributed by atoms with E-state index in [2.05, 4.69) is 72.8 Å². The van der Waals surface area contributed by atoms with Gasteiger partial charge in [0.25, 0.3) is 0 Å². The van der Waals surface area contributed by atoms with Crippen LogP contribution >= 0.6 is 0 Å². The normalized spacial score (nSPS) is 11.3. The van der Waals surface area contributed by atoms with E-state index >= 15 is 0 Å². The predicted molar refractivity (Wildman–Crippen MR) is 221 cm³/mol. The average molecular weight is 706 g/mol. The molecule has 0 fully saturated rings. The van der Waals surface area contributed by atoms with Gasteiger partial charge < -0.3 is 4.42 Å². The smallest absolute Gasteiger partial charge is 0.164 e. The first-order valence-electron chi connectivity index (χ1n) is 18.2. The van der Waals surface area contributed by atoms with Crippen LogP contribution in [-0.2, 0) is 0 Å². The molecule has 0 saturated carbocycles. The Kier molecular flexibility index (Phi) is 8.04. The first-order chi connectivity index (χ1) is 27.2. The van der Waals surface area contributed by atoms with Gasteiger partial charge in [-0.2, -0.15) is 0 Å². The molecule has 6 nitrogen and oxygen atoms in total. The largest absolute Gasteiger partial charge is 0.455 e. The zero-order valence-electron chi connectivity index (χ0n) is 29.5. The summed E-state index contributed by atoms with van der Waals surface area (Å²) in [4.78, 5) is 25.2. The molecule has 0 saturated heterocycles. The van der Waals surface area contributed by atoms with E-state index in [1.807, 2.05) is 115 Å². The Hall–Kier alpha value is -7.57. The number of rotatable bonds is 7. The standard InChI is InChI=1S/C49H31N5O/c1-5-14-32(15-6-1)33-24-26-37(27-25-33)47-52-46(36-20-11-4-12-21-36)53-48(54-47)38-28-29-44-41(30-38)39-22-13-23-40(45(39)55-44)49-50-42(34-16-7-2-8-17-34)31-43(51-49)35-18-9-3-10-19-35/h1-31H. The number of aromatic nitrogens is 5. The van der Waals surface area contributed by atoms with Gasteiger partial charge in [0, 0.05) is 38.6 Å². The predicted octanol–water partition coefficient (Wildman–Crippen LogP) is 12.2. The minimum atomic E-state index is 0.579. The van der Waals surface area contributed by atoms with E-state index in [0.717, 1.165) is 77.8 Å². The lowest BCUT2D eigenvalue weighted by Crippen LogP contribution is -2.00. The summed E-state index contributed by atoms with van der Waals surface area (Å²) in [7, 11) is 0. The van der Waals surface area contributed by atoms with E-state index in [9.17, 15) is 0 Å². The Morgan fingerprint density at radius 2 is 0.745 bits per heavy atom. The molecule has 0 N–H and O–H groups in total. The molecule has 0 amide bonds. The van der Waals surface area contributed by atoms with Crippen molar-refractivity contribution in [3.8, 4) is 79.2 Å². The fraction of sp³-hybridized carbons (Fsp3) is 0. The summed E-state index contributed by atoms with van der Waals surface area (Å²) < 4.78 is 6.62. The molecule has 0 aliphatic rings. The van der Waals surface area contributed by atoms with Crippen molar-refractivity contribution < 1.29 is 4.42 Å². The molecule has 0 aliphatic carbocycles. The second kappa shape index (κ2) is 13.8. The van der Waals surface area contributed by atoms with Crippen LogP contribution in [0.3, 0.4) is 0 Å². The summed E-state index contributed by atoms with van der Waals surface area (Å²) in [5.41, 5.74) is 11.0. The number of furan rings is 1. The van der Waals surface area contributed by atoms with Gasteiger partial charge in [-0.1, -0.05) is 158 Å². The number of hydrogen-bond acceptors (Lipinski definition) is 6. The summed E-state index contributed by atoms with van der Waals surface area (Å²) in [6.45, 7) is 0. The van der Waals surface area contributed by atoms with Crippen LogP contribution in [0.25, 0.3) is 101 Å². The molecule has 0 radical (unpaired) electrons. The van der Waals surface area contributed by atoms with Crippen molar-refractivity contribution in [2.75, 3.05) is 0 Å². The van der Waals surface area contributed by atoms with Gasteiger partial charge in [-0.25, -0.2) is 24.9 Å². The monoisotopic (exact) mass is 705 g/mol. The van der Waals surface area contributed by atoms with Gasteiger partial charge in [0.15, 0.2) is 23.3 Å². The van der Waals surface area contributed by atoms with Crippen LogP contribution < -0.4 is 0 Å². The Balaban J connectivity index is 1.10. The zero-order chi connectivity index (χ0) is 36.6. The fourth-order valence-electron chi connectivity index (χ4n) is 6.99. The highest BCUT2D eigenvalue weighted by molar-refractivity contribution is 6.10. The summed E-state index contributed by atoms with van der Waals surface area (Å²) in [6.07, 6.45) is 0. The molecule has 10 aromatic rings. The van der Waals surface area contributed by atoms with Crippen molar-refractivity contribution in [3.05, 3.63) is 188 Å². The van der Waals surface area contributed by atoms with Crippen LogP contribution in [0.1, 0.15) is 0 Å². The van der Waals surface area contributed by atoms with Gasteiger partial charge >= 0.3 is 0 Å². The number of hydrogen-bond donors (Lipinski definition) is 0. The quantitative estimate of drug-likeness (QED) is 0.164.